The number of rotatable bonds is 5. The van der Waals surface area contributed by atoms with Gasteiger partial charge in [0.2, 0.25) is 0 Å². The van der Waals surface area contributed by atoms with Crippen LogP contribution in [0.2, 0.25) is 5.02 Å². The third-order valence-electron chi connectivity index (χ3n) is 3.36. The maximum Gasteiger partial charge on any atom is 0.271 e. The first kappa shape index (κ1) is 16.7. The highest BCUT2D eigenvalue weighted by molar-refractivity contribution is 6.32. The normalized spacial score (nSPS) is 10.8. The fourth-order valence-corrected chi connectivity index (χ4v) is 2.38. The van der Waals surface area contributed by atoms with Crippen LogP contribution in [0.25, 0.3) is 11.3 Å². The molecule has 0 saturated heterocycles. The van der Waals surface area contributed by atoms with Crippen molar-refractivity contribution < 1.29 is 13.9 Å². The molecular formula is C18H14ClN3O3. The molecule has 0 bridgehead atoms. The van der Waals surface area contributed by atoms with E-state index in [4.69, 9.17) is 20.8 Å². The average Bonchev–Trinajstić information content (AvgIpc) is 3.11. The summed E-state index contributed by atoms with van der Waals surface area (Å²) in [5, 5.41) is 4.38. The topological polar surface area (TPSA) is 76.7 Å². The molecule has 0 atom stereocenters. The van der Waals surface area contributed by atoms with Gasteiger partial charge in [-0.05, 0) is 42.5 Å². The zero-order valence-electron chi connectivity index (χ0n) is 13.3. The Morgan fingerprint density at radius 2 is 2.04 bits per heavy atom. The summed E-state index contributed by atoms with van der Waals surface area (Å²) >= 11 is 6.12. The van der Waals surface area contributed by atoms with E-state index in [1.165, 1.54) is 18.6 Å². The number of ether oxygens (including phenoxy) is 1. The standard InChI is InChI=1S/C18H14ClN3O3/c1-24-17-4-2-13(10-15(17)19)16-5-3-14(25-16)11-21-22-18(23)12-6-8-20-9-7-12/h2-11H,1H3,(H,22,23). The molecule has 0 aliphatic rings. The van der Waals surface area contributed by atoms with Crippen LogP contribution in [-0.4, -0.2) is 24.2 Å². The smallest absolute Gasteiger partial charge is 0.271 e. The molecular weight excluding hydrogens is 342 g/mol. The van der Waals surface area contributed by atoms with Crippen LogP contribution >= 0.6 is 11.6 Å². The largest absolute Gasteiger partial charge is 0.495 e. The molecule has 0 radical (unpaired) electrons. The molecule has 0 unspecified atom stereocenters. The van der Waals surface area contributed by atoms with Crippen molar-refractivity contribution >= 4 is 23.7 Å². The summed E-state index contributed by atoms with van der Waals surface area (Å²) in [4.78, 5) is 15.7. The van der Waals surface area contributed by atoms with Crippen LogP contribution in [0.4, 0.5) is 0 Å². The molecule has 0 saturated carbocycles. The van der Waals surface area contributed by atoms with Gasteiger partial charge in [-0.3, -0.25) is 9.78 Å². The van der Waals surface area contributed by atoms with Gasteiger partial charge in [-0.25, -0.2) is 5.43 Å². The second-order valence-electron chi connectivity index (χ2n) is 4.99. The molecule has 6 nitrogen and oxygen atoms in total. The van der Waals surface area contributed by atoms with Gasteiger partial charge in [0.1, 0.15) is 17.3 Å². The Labute approximate surface area is 149 Å². The van der Waals surface area contributed by atoms with Crippen LogP contribution in [0.1, 0.15) is 16.1 Å². The van der Waals surface area contributed by atoms with Crippen molar-refractivity contribution in [3.8, 4) is 17.1 Å². The first-order valence-corrected chi connectivity index (χ1v) is 7.72. The van der Waals surface area contributed by atoms with E-state index in [1.807, 2.05) is 6.07 Å². The van der Waals surface area contributed by atoms with Crippen LogP contribution in [0, 0.1) is 0 Å². The van der Waals surface area contributed by atoms with E-state index in [2.05, 4.69) is 15.5 Å². The van der Waals surface area contributed by atoms with E-state index in [9.17, 15) is 4.79 Å². The van der Waals surface area contributed by atoms with Crippen molar-refractivity contribution in [1.82, 2.24) is 10.4 Å². The van der Waals surface area contributed by atoms with Crippen molar-refractivity contribution in [3.05, 3.63) is 71.2 Å². The van der Waals surface area contributed by atoms with Crippen molar-refractivity contribution in [2.45, 2.75) is 0 Å². The summed E-state index contributed by atoms with van der Waals surface area (Å²) in [5.74, 6) is 1.40. The number of hydrazone groups is 1. The Hall–Kier alpha value is -3.12. The Morgan fingerprint density at radius 1 is 1.24 bits per heavy atom. The van der Waals surface area contributed by atoms with Gasteiger partial charge >= 0.3 is 0 Å². The van der Waals surface area contributed by atoms with E-state index < -0.39 is 0 Å². The van der Waals surface area contributed by atoms with Crippen LogP contribution in [-0.2, 0) is 0 Å². The fraction of sp³-hybridized carbons (Fsp3) is 0.0556. The van der Waals surface area contributed by atoms with Crippen LogP contribution in [0.3, 0.4) is 0 Å². The van der Waals surface area contributed by atoms with Gasteiger partial charge in [-0.15, -0.1) is 0 Å². The summed E-state index contributed by atoms with van der Waals surface area (Å²) in [6, 6.07) is 12.1. The number of furan rings is 1. The molecule has 3 rings (SSSR count). The Morgan fingerprint density at radius 3 is 2.76 bits per heavy atom. The molecule has 1 amide bonds. The van der Waals surface area contributed by atoms with E-state index >= 15 is 0 Å². The number of pyridine rings is 1. The molecule has 0 aliphatic carbocycles. The molecule has 1 aromatic carbocycles. The number of amides is 1. The minimum Gasteiger partial charge on any atom is -0.495 e. The molecule has 0 fully saturated rings. The van der Waals surface area contributed by atoms with E-state index in [-0.39, 0.29) is 5.91 Å². The number of halogens is 1. The zero-order chi connectivity index (χ0) is 17.6. The van der Waals surface area contributed by atoms with Crippen molar-refractivity contribution in [2.75, 3.05) is 7.11 Å². The highest BCUT2D eigenvalue weighted by atomic mass is 35.5. The third kappa shape index (κ3) is 4.05. The van der Waals surface area contributed by atoms with E-state index in [0.717, 1.165) is 5.56 Å². The minimum absolute atomic E-state index is 0.327. The van der Waals surface area contributed by atoms with Gasteiger partial charge in [0.15, 0.2) is 0 Å². The average molecular weight is 356 g/mol. The summed E-state index contributed by atoms with van der Waals surface area (Å²) in [7, 11) is 1.56. The summed E-state index contributed by atoms with van der Waals surface area (Å²) in [5.41, 5.74) is 3.71. The first-order chi connectivity index (χ1) is 12.2. The summed E-state index contributed by atoms with van der Waals surface area (Å²) in [6.45, 7) is 0. The van der Waals surface area contributed by atoms with Gasteiger partial charge < -0.3 is 9.15 Å². The highest BCUT2D eigenvalue weighted by Crippen LogP contribution is 2.30. The maximum absolute atomic E-state index is 11.8. The molecule has 2 heterocycles. The lowest BCUT2D eigenvalue weighted by Crippen LogP contribution is -2.17. The lowest BCUT2D eigenvalue weighted by Gasteiger charge is -2.04. The summed E-state index contributed by atoms with van der Waals surface area (Å²) < 4.78 is 10.8. The number of methoxy groups -OCH3 is 1. The molecule has 3 aromatic rings. The van der Waals surface area contributed by atoms with Gasteiger partial charge in [-0.1, -0.05) is 11.6 Å². The number of hydrogen-bond donors (Lipinski definition) is 1. The molecule has 7 heteroatoms. The SMILES string of the molecule is COc1ccc(-c2ccc(C=NNC(=O)c3ccncc3)o2)cc1Cl. The van der Waals surface area contributed by atoms with Gasteiger partial charge in [0, 0.05) is 23.5 Å². The number of hydrogen-bond acceptors (Lipinski definition) is 5. The second-order valence-corrected chi connectivity index (χ2v) is 5.39. The number of carbonyl (C=O) groups excluding carboxylic acids is 1. The monoisotopic (exact) mass is 355 g/mol. The van der Waals surface area contributed by atoms with Crippen molar-refractivity contribution in [2.24, 2.45) is 5.10 Å². The molecule has 2 aromatic heterocycles. The lowest BCUT2D eigenvalue weighted by molar-refractivity contribution is 0.0955. The van der Waals surface area contributed by atoms with Gasteiger partial charge in [-0.2, -0.15) is 5.10 Å². The zero-order valence-corrected chi connectivity index (χ0v) is 14.0. The predicted octanol–water partition coefficient (Wildman–Crippen LogP) is 3.77. The van der Waals surface area contributed by atoms with Crippen LogP contribution < -0.4 is 10.2 Å². The fourth-order valence-electron chi connectivity index (χ4n) is 2.12. The third-order valence-corrected chi connectivity index (χ3v) is 3.66. The van der Waals surface area contributed by atoms with Crippen molar-refractivity contribution in [3.63, 3.8) is 0 Å². The number of nitrogens with one attached hydrogen (secondary N) is 1. The molecule has 0 spiro atoms. The van der Waals surface area contributed by atoms with Crippen LogP contribution in [0.15, 0.2) is 64.4 Å². The number of carbonyl (C=O) groups is 1. The van der Waals surface area contributed by atoms with Gasteiger partial charge in [0.05, 0.1) is 18.3 Å². The number of aromatic nitrogens is 1. The van der Waals surface area contributed by atoms with E-state index in [1.54, 1.807) is 43.5 Å². The summed E-state index contributed by atoms with van der Waals surface area (Å²) in [6.07, 6.45) is 4.50. The Bertz CT molecular complexity index is 907. The van der Waals surface area contributed by atoms with Crippen LogP contribution in [0.5, 0.6) is 5.75 Å². The second kappa shape index (κ2) is 7.63. The highest BCUT2D eigenvalue weighted by Gasteiger charge is 2.08. The number of nitrogens with zero attached hydrogens (tertiary/aromatic N) is 2. The Kier molecular flexibility index (Phi) is 5.11. The maximum atomic E-state index is 11.8. The molecule has 1 N–H and O–H groups in total. The minimum atomic E-state index is -0.327. The van der Waals surface area contributed by atoms with E-state index in [0.29, 0.717) is 27.9 Å². The molecule has 126 valence electrons. The van der Waals surface area contributed by atoms with Crippen molar-refractivity contribution in [1.29, 1.82) is 0 Å². The molecule has 0 aliphatic heterocycles. The molecule has 25 heavy (non-hydrogen) atoms. The lowest BCUT2D eigenvalue weighted by atomic mass is 10.2. The first-order valence-electron chi connectivity index (χ1n) is 7.34. The quantitative estimate of drug-likeness (QED) is 0.558. The predicted molar refractivity (Wildman–Crippen MR) is 95.0 cm³/mol. The Balaban J connectivity index is 1.67. The number of benzene rings is 1. The van der Waals surface area contributed by atoms with Gasteiger partial charge in [0.25, 0.3) is 5.91 Å².